The Morgan fingerprint density at radius 2 is 1.83 bits per heavy atom. The first-order chi connectivity index (χ1) is 5.64. The van der Waals surface area contributed by atoms with Crippen molar-refractivity contribution in [2.75, 3.05) is 0 Å². The van der Waals surface area contributed by atoms with Crippen molar-refractivity contribution in [2.45, 2.75) is 5.75 Å². The molecule has 1 aromatic carbocycles. The molecule has 0 bridgehead atoms. The molecule has 0 amide bonds. The fourth-order valence-electron chi connectivity index (χ4n) is 0.835. The quantitative estimate of drug-likeness (QED) is 0.514. The van der Waals surface area contributed by atoms with Gasteiger partial charge in [-0.3, -0.25) is 5.84 Å². The van der Waals surface area contributed by atoms with Gasteiger partial charge in [0.2, 0.25) is 10.0 Å². The van der Waals surface area contributed by atoms with Gasteiger partial charge in [0.1, 0.15) is 0 Å². The third kappa shape index (κ3) is 2.61. The Labute approximate surface area is 71.4 Å². The Morgan fingerprint density at radius 3 is 2.33 bits per heavy atom. The van der Waals surface area contributed by atoms with E-state index in [2.05, 4.69) is 0 Å². The van der Waals surface area contributed by atoms with Gasteiger partial charge in [0.25, 0.3) is 0 Å². The van der Waals surface area contributed by atoms with Crippen LogP contribution in [-0.2, 0) is 15.8 Å². The molecule has 0 aliphatic rings. The molecule has 0 fully saturated rings. The highest BCUT2D eigenvalue weighted by atomic mass is 32.2. The fraction of sp³-hybridized carbons (Fsp3) is 0.143. The number of rotatable bonds is 3. The second kappa shape index (κ2) is 3.66. The van der Waals surface area contributed by atoms with Gasteiger partial charge in [0.15, 0.2) is 0 Å². The van der Waals surface area contributed by atoms with Gasteiger partial charge in [0.05, 0.1) is 5.75 Å². The zero-order valence-corrected chi connectivity index (χ0v) is 7.21. The molecule has 1 aromatic rings. The maximum absolute atomic E-state index is 10.9. The maximum atomic E-state index is 10.9. The molecular formula is C7H10N2O2S. The Morgan fingerprint density at radius 1 is 1.25 bits per heavy atom. The van der Waals surface area contributed by atoms with Crippen LogP contribution >= 0.6 is 0 Å². The lowest BCUT2D eigenvalue weighted by molar-refractivity contribution is 0.583. The topological polar surface area (TPSA) is 72.2 Å². The maximum Gasteiger partial charge on any atom is 0.228 e. The van der Waals surface area contributed by atoms with Crippen LogP contribution in [0.3, 0.4) is 0 Å². The Bertz CT molecular complexity index is 334. The molecule has 66 valence electrons. The smallest absolute Gasteiger partial charge is 0.228 e. The molecule has 4 nitrogen and oxygen atoms in total. The van der Waals surface area contributed by atoms with Gasteiger partial charge in [-0.2, -0.15) is 4.83 Å². The van der Waals surface area contributed by atoms with E-state index in [9.17, 15) is 8.42 Å². The lowest BCUT2D eigenvalue weighted by atomic mass is 10.2. The van der Waals surface area contributed by atoms with Crippen LogP contribution in [0.25, 0.3) is 0 Å². The molecule has 1 rings (SSSR count). The number of nitrogens with one attached hydrogen (secondary N) is 1. The predicted molar refractivity (Wildman–Crippen MR) is 46.4 cm³/mol. The monoisotopic (exact) mass is 186 g/mol. The minimum atomic E-state index is -3.34. The first-order valence-electron chi connectivity index (χ1n) is 3.38. The van der Waals surface area contributed by atoms with Gasteiger partial charge in [0, 0.05) is 0 Å². The number of sulfonamides is 1. The standard InChI is InChI=1S/C7H10N2O2S/c8-9-12(10,11)6-7-4-2-1-3-5-7/h1-5,9H,6,8H2. The third-order valence-corrected chi connectivity index (χ3v) is 2.45. The van der Waals surface area contributed by atoms with Gasteiger partial charge >= 0.3 is 0 Å². The van der Waals surface area contributed by atoms with Gasteiger partial charge in [-0.1, -0.05) is 30.3 Å². The molecule has 0 saturated carbocycles. The summed E-state index contributed by atoms with van der Waals surface area (Å²) in [6.45, 7) is 0. The van der Waals surface area contributed by atoms with E-state index >= 15 is 0 Å². The number of nitrogens with two attached hydrogens (primary N) is 1. The number of hydrogen-bond acceptors (Lipinski definition) is 3. The van der Waals surface area contributed by atoms with E-state index < -0.39 is 10.0 Å². The van der Waals surface area contributed by atoms with Gasteiger partial charge in [-0.25, -0.2) is 8.42 Å². The summed E-state index contributed by atoms with van der Waals surface area (Å²) in [7, 11) is -3.34. The van der Waals surface area contributed by atoms with E-state index in [1.54, 1.807) is 29.1 Å². The Kier molecular flexibility index (Phi) is 2.80. The van der Waals surface area contributed by atoms with Crippen molar-refractivity contribution in [3.63, 3.8) is 0 Å². The molecule has 5 heteroatoms. The summed E-state index contributed by atoms with van der Waals surface area (Å²) >= 11 is 0. The first-order valence-corrected chi connectivity index (χ1v) is 5.03. The number of benzene rings is 1. The fourth-order valence-corrected chi connectivity index (χ4v) is 1.55. The lowest BCUT2D eigenvalue weighted by Crippen LogP contribution is -2.31. The van der Waals surface area contributed by atoms with Crippen LogP contribution in [0.1, 0.15) is 5.56 Å². The lowest BCUT2D eigenvalue weighted by Gasteiger charge is -2.00. The van der Waals surface area contributed by atoms with Crippen LogP contribution in [0.4, 0.5) is 0 Å². The van der Waals surface area contributed by atoms with Gasteiger partial charge in [-0.15, -0.1) is 0 Å². The third-order valence-electron chi connectivity index (χ3n) is 1.38. The summed E-state index contributed by atoms with van der Waals surface area (Å²) < 4.78 is 21.9. The minimum absolute atomic E-state index is 0.0790. The Balaban J connectivity index is 2.78. The van der Waals surface area contributed by atoms with E-state index in [0.717, 1.165) is 5.56 Å². The molecule has 0 heterocycles. The average Bonchev–Trinajstić information content (AvgIpc) is 2.06. The van der Waals surface area contributed by atoms with Crippen LogP contribution in [-0.4, -0.2) is 8.42 Å². The highest BCUT2D eigenvalue weighted by Crippen LogP contribution is 2.02. The Hall–Kier alpha value is -0.910. The molecule has 0 aliphatic heterocycles. The second-order valence-electron chi connectivity index (χ2n) is 2.36. The van der Waals surface area contributed by atoms with E-state index in [-0.39, 0.29) is 5.75 Å². The molecular weight excluding hydrogens is 176 g/mol. The summed E-state index contributed by atoms with van der Waals surface area (Å²) in [6.07, 6.45) is 0. The van der Waals surface area contributed by atoms with Crippen molar-refractivity contribution >= 4 is 10.0 Å². The average molecular weight is 186 g/mol. The molecule has 0 aliphatic carbocycles. The van der Waals surface area contributed by atoms with Crippen molar-refractivity contribution in [1.82, 2.24) is 4.83 Å². The summed E-state index contributed by atoms with van der Waals surface area (Å²) in [4.78, 5) is 1.76. The van der Waals surface area contributed by atoms with E-state index in [0.29, 0.717) is 0 Å². The molecule has 0 spiro atoms. The van der Waals surface area contributed by atoms with Crippen molar-refractivity contribution in [2.24, 2.45) is 5.84 Å². The molecule has 3 N–H and O–H groups in total. The molecule has 0 unspecified atom stereocenters. The van der Waals surface area contributed by atoms with Gasteiger partial charge in [-0.05, 0) is 5.56 Å². The van der Waals surface area contributed by atoms with Crippen molar-refractivity contribution in [1.29, 1.82) is 0 Å². The molecule has 0 saturated heterocycles. The summed E-state index contributed by atoms with van der Waals surface area (Å²) in [5.41, 5.74) is 0.718. The van der Waals surface area contributed by atoms with Crippen LogP contribution in [0.15, 0.2) is 30.3 Å². The van der Waals surface area contributed by atoms with Gasteiger partial charge < -0.3 is 0 Å². The second-order valence-corrected chi connectivity index (χ2v) is 4.12. The highest BCUT2D eigenvalue weighted by molar-refractivity contribution is 7.88. The normalized spacial score (nSPS) is 11.4. The van der Waals surface area contributed by atoms with Crippen molar-refractivity contribution < 1.29 is 8.42 Å². The van der Waals surface area contributed by atoms with Crippen LogP contribution in [0, 0.1) is 0 Å². The molecule has 0 atom stereocenters. The zero-order valence-electron chi connectivity index (χ0n) is 6.40. The summed E-state index contributed by atoms with van der Waals surface area (Å²) in [6, 6.07) is 8.85. The summed E-state index contributed by atoms with van der Waals surface area (Å²) in [5, 5.41) is 0. The molecule has 12 heavy (non-hydrogen) atoms. The van der Waals surface area contributed by atoms with E-state index in [4.69, 9.17) is 5.84 Å². The molecule has 0 radical (unpaired) electrons. The summed E-state index contributed by atoms with van der Waals surface area (Å²) in [5.74, 6) is 4.74. The number of hydrazine groups is 1. The highest BCUT2D eigenvalue weighted by Gasteiger charge is 2.07. The van der Waals surface area contributed by atoms with E-state index in [1.807, 2.05) is 6.07 Å². The largest absolute Gasteiger partial charge is 0.258 e. The van der Waals surface area contributed by atoms with Crippen LogP contribution in [0.5, 0.6) is 0 Å². The SMILES string of the molecule is NNS(=O)(=O)Cc1ccccc1. The molecule has 0 aromatic heterocycles. The van der Waals surface area contributed by atoms with Crippen molar-refractivity contribution in [3.8, 4) is 0 Å². The van der Waals surface area contributed by atoms with Crippen molar-refractivity contribution in [3.05, 3.63) is 35.9 Å². The van der Waals surface area contributed by atoms with Crippen LogP contribution in [0.2, 0.25) is 0 Å². The minimum Gasteiger partial charge on any atom is -0.258 e. The predicted octanol–water partition coefficient (Wildman–Crippen LogP) is -0.0203. The first kappa shape index (κ1) is 9.18. The zero-order chi connectivity index (χ0) is 9.03. The number of hydrogen-bond donors (Lipinski definition) is 2. The van der Waals surface area contributed by atoms with E-state index in [1.165, 1.54) is 0 Å². The van der Waals surface area contributed by atoms with Crippen LogP contribution < -0.4 is 10.7 Å².